The van der Waals surface area contributed by atoms with E-state index in [0.29, 0.717) is 5.39 Å². The van der Waals surface area contributed by atoms with Crippen LogP contribution in [0.2, 0.25) is 0 Å². The predicted molar refractivity (Wildman–Crippen MR) is 91.6 cm³/mol. The molecule has 0 N–H and O–H groups in total. The fraction of sp³-hybridized carbons (Fsp3) is 0.167. The molecule has 0 saturated carbocycles. The zero-order valence-corrected chi connectivity index (χ0v) is 14.2. The van der Waals surface area contributed by atoms with Gasteiger partial charge in [-0.1, -0.05) is 12.1 Å². The van der Waals surface area contributed by atoms with Gasteiger partial charge in [-0.15, -0.1) is 0 Å². The molecule has 0 fully saturated rings. The maximum Gasteiger partial charge on any atom is 0.433 e. The second kappa shape index (κ2) is 6.11. The van der Waals surface area contributed by atoms with Crippen molar-refractivity contribution in [2.75, 3.05) is 0 Å². The van der Waals surface area contributed by atoms with Crippen molar-refractivity contribution in [3.8, 4) is 5.69 Å². The van der Waals surface area contributed by atoms with Crippen LogP contribution in [-0.2, 0) is 13.2 Å². The summed E-state index contributed by atoms with van der Waals surface area (Å²) in [6.07, 6.45) is -6.04. The molecule has 144 valence electrons. The van der Waals surface area contributed by atoms with E-state index in [1.807, 2.05) is 0 Å². The highest BCUT2D eigenvalue weighted by atomic mass is 19.4. The molecule has 0 atom stereocenters. The molecule has 0 radical (unpaired) electrons. The smallest absolute Gasteiger partial charge is 0.274 e. The summed E-state index contributed by atoms with van der Waals surface area (Å²) < 4.78 is 67.9. The Morgan fingerprint density at radius 3 is 2.50 bits per heavy atom. The molecule has 5 nitrogen and oxygen atoms in total. The Morgan fingerprint density at radius 2 is 1.82 bits per heavy atom. The summed E-state index contributed by atoms with van der Waals surface area (Å²) in [7, 11) is 1.56. The number of rotatable bonds is 2. The molecule has 0 aliphatic heterocycles. The summed E-state index contributed by atoms with van der Waals surface area (Å²) in [5.41, 5.74) is -2.62. The second-order valence-corrected chi connectivity index (χ2v) is 6.17. The van der Waals surface area contributed by atoms with E-state index in [1.54, 1.807) is 7.05 Å². The van der Waals surface area contributed by atoms with Gasteiger partial charge in [-0.25, -0.2) is 13.8 Å². The molecule has 0 amide bonds. The van der Waals surface area contributed by atoms with Crippen LogP contribution in [0.25, 0.3) is 27.6 Å². The molecule has 4 rings (SSSR count). The molecule has 0 spiro atoms. The maximum atomic E-state index is 13.2. The first-order valence-corrected chi connectivity index (χ1v) is 8.01. The quantitative estimate of drug-likeness (QED) is 0.478. The number of aryl methyl sites for hydroxylation is 1. The van der Waals surface area contributed by atoms with E-state index < -0.39 is 23.9 Å². The third-order valence-corrected chi connectivity index (χ3v) is 4.28. The standard InChI is InChI=1S/C18H11F5N4O/c1-26-8-12-11-5-6-13(18(21,22)23)24-16(11)27(17(28)14(12)25-26)10-4-2-3-9(7-10)15(19)20/h2-8,15H,1H3. The molecule has 10 heteroatoms. The number of hydrogen-bond acceptors (Lipinski definition) is 3. The number of aromatic nitrogens is 4. The van der Waals surface area contributed by atoms with Crippen molar-refractivity contribution in [1.82, 2.24) is 19.3 Å². The van der Waals surface area contributed by atoms with Gasteiger partial charge in [-0.2, -0.15) is 18.3 Å². The van der Waals surface area contributed by atoms with Gasteiger partial charge in [-0.3, -0.25) is 14.0 Å². The van der Waals surface area contributed by atoms with Gasteiger partial charge >= 0.3 is 6.18 Å². The Kier molecular flexibility index (Phi) is 3.95. The van der Waals surface area contributed by atoms with Crippen molar-refractivity contribution in [1.29, 1.82) is 0 Å². The summed E-state index contributed by atoms with van der Waals surface area (Å²) in [5, 5.41) is 4.64. The number of hydrogen-bond donors (Lipinski definition) is 0. The minimum Gasteiger partial charge on any atom is -0.274 e. The van der Waals surface area contributed by atoms with Crippen molar-refractivity contribution in [3.05, 3.63) is 64.2 Å². The Bertz CT molecular complexity index is 1270. The molecular weight excluding hydrogens is 383 g/mol. The van der Waals surface area contributed by atoms with Crippen LogP contribution in [0, 0.1) is 0 Å². The number of pyridine rings is 2. The largest absolute Gasteiger partial charge is 0.433 e. The summed E-state index contributed by atoms with van der Waals surface area (Å²) in [4.78, 5) is 16.6. The SMILES string of the molecule is Cn1cc2c(n1)c(=O)n(-c1cccc(C(F)F)c1)c1nc(C(F)(F)F)ccc21. The zero-order chi connectivity index (χ0) is 20.2. The number of halogens is 5. The van der Waals surface area contributed by atoms with Crippen LogP contribution in [0.3, 0.4) is 0 Å². The molecule has 0 unspecified atom stereocenters. The predicted octanol–water partition coefficient (Wildman–Crippen LogP) is 4.23. The third kappa shape index (κ3) is 2.81. The molecule has 3 aromatic heterocycles. The lowest BCUT2D eigenvalue weighted by atomic mass is 10.1. The second-order valence-electron chi connectivity index (χ2n) is 6.17. The van der Waals surface area contributed by atoms with Crippen LogP contribution in [0.1, 0.15) is 17.7 Å². The van der Waals surface area contributed by atoms with Gasteiger partial charge in [0.05, 0.1) is 5.69 Å². The third-order valence-electron chi connectivity index (χ3n) is 4.28. The molecule has 0 aliphatic carbocycles. The monoisotopic (exact) mass is 394 g/mol. The van der Waals surface area contributed by atoms with E-state index >= 15 is 0 Å². The van der Waals surface area contributed by atoms with Crippen LogP contribution in [0.5, 0.6) is 0 Å². The van der Waals surface area contributed by atoms with Gasteiger partial charge in [0.25, 0.3) is 12.0 Å². The summed E-state index contributed by atoms with van der Waals surface area (Å²) in [6.45, 7) is 0. The Morgan fingerprint density at radius 1 is 1.07 bits per heavy atom. The number of benzene rings is 1. The zero-order valence-electron chi connectivity index (χ0n) is 14.2. The van der Waals surface area contributed by atoms with Gasteiger partial charge in [-0.05, 0) is 24.3 Å². The lowest BCUT2D eigenvalue weighted by Crippen LogP contribution is -2.21. The molecule has 1 aromatic carbocycles. The Hall–Kier alpha value is -3.30. The van der Waals surface area contributed by atoms with E-state index in [9.17, 15) is 26.7 Å². The lowest BCUT2D eigenvalue weighted by Gasteiger charge is -2.13. The summed E-state index contributed by atoms with van der Waals surface area (Å²) >= 11 is 0. The van der Waals surface area contributed by atoms with Crippen LogP contribution in [0.4, 0.5) is 22.0 Å². The number of nitrogens with zero attached hydrogens (tertiary/aromatic N) is 4. The van der Waals surface area contributed by atoms with Crippen LogP contribution in [0.15, 0.2) is 47.4 Å². The maximum absolute atomic E-state index is 13.2. The fourth-order valence-corrected chi connectivity index (χ4v) is 3.07. The molecular formula is C18H11F5N4O. The fourth-order valence-electron chi connectivity index (χ4n) is 3.07. The Labute approximate surface area is 153 Å². The highest BCUT2D eigenvalue weighted by Gasteiger charge is 2.33. The highest BCUT2D eigenvalue weighted by molar-refractivity contribution is 6.03. The van der Waals surface area contributed by atoms with Gasteiger partial charge in [0, 0.05) is 29.6 Å². The first-order valence-electron chi connectivity index (χ1n) is 8.01. The van der Waals surface area contributed by atoms with E-state index in [4.69, 9.17) is 0 Å². The van der Waals surface area contributed by atoms with Crippen LogP contribution < -0.4 is 5.56 Å². The van der Waals surface area contributed by atoms with Crippen LogP contribution >= 0.6 is 0 Å². The van der Waals surface area contributed by atoms with Crippen LogP contribution in [-0.4, -0.2) is 19.3 Å². The van der Waals surface area contributed by atoms with E-state index in [2.05, 4.69) is 10.1 Å². The first-order chi connectivity index (χ1) is 13.2. The first kappa shape index (κ1) is 18.1. The average molecular weight is 394 g/mol. The normalized spacial score (nSPS) is 12.4. The highest BCUT2D eigenvalue weighted by Crippen LogP contribution is 2.31. The van der Waals surface area contributed by atoms with Gasteiger partial charge in [0.15, 0.2) is 5.52 Å². The number of alkyl halides is 5. The molecule has 4 aromatic rings. The van der Waals surface area contributed by atoms with E-state index in [1.165, 1.54) is 29.1 Å². The van der Waals surface area contributed by atoms with Gasteiger partial charge < -0.3 is 0 Å². The van der Waals surface area contributed by atoms with E-state index in [-0.39, 0.29) is 27.8 Å². The summed E-state index contributed by atoms with van der Waals surface area (Å²) in [5.74, 6) is 0. The van der Waals surface area contributed by atoms with Crippen molar-refractivity contribution in [2.24, 2.45) is 7.05 Å². The topological polar surface area (TPSA) is 52.7 Å². The van der Waals surface area contributed by atoms with Crippen molar-refractivity contribution in [3.63, 3.8) is 0 Å². The average Bonchev–Trinajstić information content (AvgIpc) is 3.03. The van der Waals surface area contributed by atoms with Gasteiger partial charge in [0.1, 0.15) is 11.3 Å². The Balaban J connectivity index is 2.17. The molecule has 0 aliphatic rings. The summed E-state index contributed by atoms with van der Waals surface area (Å²) in [6, 6.07) is 6.85. The molecule has 0 saturated heterocycles. The lowest BCUT2D eigenvalue weighted by molar-refractivity contribution is -0.141. The molecule has 0 bridgehead atoms. The number of fused-ring (bicyclic) bond motifs is 3. The molecule has 28 heavy (non-hydrogen) atoms. The van der Waals surface area contributed by atoms with Gasteiger partial charge in [0.2, 0.25) is 0 Å². The molecule has 3 heterocycles. The minimum atomic E-state index is -4.73. The van der Waals surface area contributed by atoms with E-state index in [0.717, 1.165) is 22.8 Å². The van der Waals surface area contributed by atoms with Crippen molar-refractivity contribution < 1.29 is 22.0 Å². The van der Waals surface area contributed by atoms with Crippen molar-refractivity contribution in [2.45, 2.75) is 12.6 Å². The minimum absolute atomic E-state index is 0.000918. The van der Waals surface area contributed by atoms with Crippen molar-refractivity contribution >= 4 is 21.9 Å².